The second-order valence-electron chi connectivity index (χ2n) is 4.50. The van der Waals surface area contributed by atoms with Crippen LogP contribution in [0, 0.1) is 0 Å². The molecule has 3 nitrogen and oxygen atoms in total. The molecule has 1 aromatic carbocycles. The predicted octanol–water partition coefficient (Wildman–Crippen LogP) is 2.37. The van der Waals surface area contributed by atoms with E-state index in [2.05, 4.69) is 24.5 Å². The molecule has 0 fully saturated rings. The van der Waals surface area contributed by atoms with Gasteiger partial charge in [0.15, 0.2) is 0 Å². The summed E-state index contributed by atoms with van der Waals surface area (Å²) in [6.45, 7) is 5.08. The molecule has 1 amide bonds. The lowest BCUT2D eigenvalue weighted by Gasteiger charge is -2.16. The van der Waals surface area contributed by atoms with Crippen molar-refractivity contribution in [2.45, 2.75) is 39.2 Å². The monoisotopic (exact) mass is 248 g/mol. The summed E-state index contributed by atoms with van der Waals surface area (Å²) in [6, 6.07) is 8.11. The molecular formula is C15H24N2O. The van der Waals surface area contributed by atoms with Crippen LogP contribution in [0.5, 0.6) is 0 Å². The molecule has 0 heterocycles. The van der Waals surface area contributed by atoms with Gasteiger partial charge in [-0.15, -0.1) is 0 Å². The largest absolute Gasteiger partial charge is 0.349 e. The zero-order valence-corrected chi connectivity index (χ0v) is 11.6. The lowest BCUT2D eigenvalue weighted by atomic mass is 10.0. The molecule has 0 aliphatic heterocycles. The fourth-order valence-electron chi connectivity index (χ4n) is 1.98. The maximum atomic E-state index is 12.2. The van der Waals surface area contributed by atoms with E-state index in [1.54, 1.807) is 0 Å². The highest BCUT2D eigenvalue weighted by molar-refractivity contribution is 5.95. The van der Waals surface area contributed by atoms with Crippen LogP contribution >= 0.6 is 0 Å². The third-order valence-electron chi connectivity index (χ3n) is 3.23. The highest BCUT2D eigenvalue weighted by Gasteiger charge is 2.13. The molecule has 0 unspecified atom stereocenters. The smallest absolute Gasteiger partial charge is 0.251 e. The number of amides is 1. The van der Waals surface area contributed by atoms with E-state index in [0.717, 1.165) is 36.9 Å². The molecule has 1 rings (SSSR count). The maximum Gasteiger partial charge on any atom is 0.251 e. The molecule has 0 aliphatic carbocycles. The Balaban J connectivity index is 2.77. The molecule has 3 heteroatoms. The van der Waals surface area contributed by atoms with Gasteiger partial charge in [-0.25, -0.2) is 0 Å². The van der Waals surface area contributed by atoms with Crippen LogP contribution in [0.4, 0.5) is 0 Å². The van der Waals surface area contributed by atoms with Gasteiger partial charge in [-0.3, -0.25) is 4.79 Å². The summed E-state index contributed by atoms with van der Waals surface area (Å²) in [4.78, 5) is 12.2. The van der Waals surface area contributed by atoms with Crippen LogP contribution in [0.1, 0.15) is 42.6 Å². The van der Waals surface area contributed by atoms with E-state index >= 15 is 0 Å². The molecule has 0 saturated heterocycles. The second kappa shape index (κ2) is 7.88. The van der Waals surface area contributed by atoms with Crippen molar-refractivity contribution in [1.82, 2.24) is 10.6 Å². The molecule has 0 radical (unpaired) electrons. The summed E-state index contributed by atoms with van der Waals surface area (Å²) in [5, 5.41) is 6.20. The maximum absolute atomic E-state index is 12.2. The fraction of sp³-hybridized carbons (Fsp3) is 0.533. The van der Waals surface area contributed by atoms with Crippen LogP contribution < -0.4 is 10.6 Å². The SMILES string of the molecule is CCC(CC)NC(=O)c1ccccc1CCNC. The standard InChI is InChI=1S/C15H24N2O/c1-4-13(5-2)17-15(18)14-9-7-6-8-12(14)10-11-16-3/h6-9,13,16H,4-5,10-11H2,1-3H3,(H,17,18). The van der Waals surface area contributed by atoms with E-state index in [0.29, 0.717) is 0 Å². The molecule has 0 saturated carbocycles. The fourth-order valence-corrected chi connectivity index (χ4v) is 1.98. The first-order valence-electron chi connectivity index (χ1n) is 6.76. The van der Waals surface area contributed by atoms with Gasteiger partial charge in [0.1, 0.15) is 0 Å². The molecule has 18 heavy (non-hydrogen) atoms. The van der Waals surface area contributed by atoms with Gasteiger partial charge >= 0.3 is 0 Å². The molecule has 0 aromatic heterocycles. The van der Waals surface area contributed by atoms with Gasteiger partial charge in [0.2, 0.25) is 0 Å². The lowest BCUT2D eigenvalue weighted by molar-refractivity contribution is 0.0934. The topological polar surface area (TPSA) is 41.1 Å². The minimum absolute atomic E-state index is 0.0513. The Bertz CT molecular complexity index is 373. The van der Waals surface area contributed by atoms with Crippen molar-refractivity contribution in [2.24, 2.45) is 0 Å². The number of hydrogen-bond donors (Lipinski definition) is 2. The zero-order valence-electron chi connectivity index (χ0n) is 11.6. The van der Waals surface area contributed by atoms with Crippen LogP contribution in [-0.4, -0.2) is 25.5 Å². The molecule has 100 valence electrons. The van der Waals surface area contributed by atoms with Crippen molar-refractivity contribution in [3.63, 3.8) is 0 Å². The van der Waals surface area contributed by atoms with Gasteiger partial charge in [-0.1, -0.05) is 32.0 Å². The molecule has 1 aromatic rings. The van der Waals surface area contributed by atoms with Crippen LogP contribution in [0.15, 0.2) is 24.3 Å². The number of likely N-dealkylation sites (N-methyl/N-ethyl adjacent to an activating group) is 1. The van der Waals surface area contributed by atoms with E-state index in [4.69, 9.17) is 0 Å². The Hall–Kier alpha value is -1.35. The van der Waals surface area contributed by atoms with E-state index in [1.165, 1.54) is 0 Å². The van der Waals surface area contributed by atoms with Crippen LogP contribution in [0.2, 0.25) is 0 Å². The Morgan fingerprint density at radius 1 is 1.22 bits per heavy atom. The van der Waals surface area contributed by atoms with Gasteiger partial charge in [-0.2, -0.15) is 0 Å². The Kier molecular flexibility index (Phi) is 6.44. The number of nitrogens with one attached hydrogen (secondary N) is 2. The first-order chi connectivity index (χ1) is 8.72. The quantitative estimate of drug-likeness (QED) is 0.778. The molecule has 0 atom stereocenters. The normalized spacial score (nSPS) is 10.7. The summed E-state index contributed by atoms with van der Waals surface area (Å²) in [7, 11) is 1.92. The highest BCUT2D eigenvalue weighted by atomic mass is 16.1. The molecule has 0 spiro atoms. The van der Waals surface area contributed by atoms with Crippen molar-refractivity contribution in [1.29, 1.82) is 0 Å². The van der Waals surface area contributed by atoms with E-state index in [1.807, 2.05) is 31.3 Å². The lowest BCUT2D eigenvalue weighted by Crippen LogP contribution is -2.34. The average molecular weight is 248 g/mol. The van der Waals surface area contributed by atoms with E-state index in [9.17, 15) is 4.79 Å². The van der Waals surface area contributed by atoms with Gasteiger partial charge in [0.05, 0.1) is 0 Å². The first-order valence-corrected chi connectivity index (χ1v) is 6.76. The van der Waals surface area contributed by atoms with Crippen molar-refractivity contribution in [3.8, 4) is 0 Å². The van der Waals surface area contributed by atoms with Gasteiger partial charge in [-0.05, 0) is 44.5 Å². The van der Waals surface area contributed by atoms with Crippen molar-refractivity contribution in [3.05, 3.63) is 35.4 Å². The number of carbonyl (C=O) groups is 1. The minimum Gasteiger partial charge on any atom is -0.349 e. The summed E-state index contributed by atoms with van der Waals surface area (Å²) >= 11 is 0. The van der Waals surface area contributed by atoms with E-state index in [-0.39, 0.29) is 11.9 Å². The second-order valence-corrected chi connectivity index (χ2v) is 4.50. The van der Waals surface area contributed by atoms with E-state index < -0.39 is 0 Å². The Labute approximate surface area is 110 Å². The number of rotatable bonds is 7. The Morgan fingerprint density at radius 2 is 1.89 bits per heavy atom. The van der Waals surface area contributed by atoms with Crippen molar-refractivity contribution in [2.75, 3.05) is 13.6 Å². The third kappa shape index (κ3) is 4.15. The molecule has 0 aliphatic rings. The zero-order chi connectivity index (χ0) is 13.4. The third-order valence-corrected chi connectivity index (χ3v) is 3.23. The first kappa shape index (κ1) is 14.7. The Morgan fingerprint density at radius 3 is 2.50 bits per heavy atom. The highest BCUT2D eigenvalue weighted by Crippen LogP contribution is 2.10. The number of hydrogen-bond acceptors (Lipinski definition) is 2. The molecule has 0 bridgehead atoms. The average Bonchev–Trinajstić information content (AvgIpc) is 2.42. The van der Waals surface area contributed by atoms with Crippen LogP contribution in [0.25, 0.3) is 0 Å². The summed E-state index contributed by atoms with van der Waals surface area (Å²) in [5.41, 5.74) is 1.91. The predicted molar refractivity (Wildman–Crippen MR) is 75.9 cm³/mol. The van der Waals surface area contributed by atoms with Crippen molar-refractivity contribution < 1.29 is 4.79 Å². The molecule has 2 N–H and O–H groups in total. The van der Waals surface area contributed by atoms with Gasteiger partial charge in [0.25, 0.3) is 5.91 Å². The number of benzene rings is 1. The van der Waals surface area contributed by atoms with Crippen molar-refractivity contribution >= 4 is 5.91 Å². The minimum atomic E-state index is 0.0513. The van der Waals surface area contributed by atoms with Gasteiger partial charge < -0.3 is 10.6 Å². The molecular weight excluding hydrogens is 224 g/mol. The van der Waals surface area contributed by atoms with Crippen LogP contribution in [0.3, 0.4) is 0 Å². The summed E-state index contributed by atoms with van der Waals surface area (Å²) < 4.78 is 0. The van der Waals surface area contributed by atoms with Gasteiger partial charge in [0, 0.05) is 11.6 Å². The summed E-state index contributed by atoms with van der Waals surface area (Å²) in [5.74, 6) is 0.0513. The van der Waals surface area contributed by atoms with Crippen LogP contribution in [-0.2, 0) is 6.42 Å². The number of carbonyl (C=O) groups excluding carboxylic acids is 1. The summed E-state index contributed by atoms with van der Waals surface area (Å²) in [6.07, 6.45) is 2.82.